The molecule has 0 spiro atoms. The van der Waals surface area contributed by atoms with Crippen molar-refractivity contribution in [3.8, 4) is 0 Å². The molecule has 1 atom stereocenters. The molecule has 2 aromatic rings. The van der Waals surface area contributed by atoms with E-state index in [9.17, 15) is 13.2 Å². The van der Waals surface area contributed by atoms with Crippen LogP contribution in [0.4, 0.5) is 13.2 Å². The number of allylic oxidation sites excluding steroid dienone is 2. The van der Waals surface area contributed by atoms with Crippen molar-refractivity contribution in [3.05, 3.63) is 58.3 Å². The van der Waals surface area contributed by atoms with Gasteiger partial charge in [-0.05, 0) is 38.3 Å². The first kappa shape index (κ1) is 18.0. The van der Waals surface area contributed by atoms with Gasteiger partial charge >= 0.3 is 6.18 Å². The fourth-order valence-electron chi connectivity index (χ4n) is 3.16. The zero-order valence-electron chi connectivity index (χ0n) is 14.8. The van der Waals surface area contributed by atoms with Crippen molar-refractivity contribution in [2.45, 2.75) is 44.3 Å². The standard InChI is InChI=1S/C19H19F3N4S/c1-11-18(27-10-23-11)12(2)24-14-5-7-15(8-6-14)26-16(13-3-4-13)9-17(25-26)19(20,21)22/h5,7-10,13-14,24H,2-4,6H2,1H3. The highest BCUT2D eigenvalue weighted by atomic mass is 32.1. The molecule has 2 aliphatic carbocycles. The molecule has 4 nitrogen and oxygen atoms in total. The summed E-state index contributed by atoms with van der Waals surface area (Å²) in [6, 6.07) is 1.22. The largest absolute Gasteiger partial charge is 0.435 e. The van der Waals surface area contributed by atoms with Crippen LogP contribution >= 0.6 is 11.3 Å². The molecule has 8 heteroatoms. The summed E-state index contributed by atoms with van der Waals surface area (Å²) in [5.74, 6) is 0.174. The van der Waals surface area contributed by atoms with Gasteiger partial charge in [0.1, 0.15) is 0 Å². The molecule has 2 aliphatic rings. The quantitative estimate of drug-likeness (QED) is 0.781. The van der Waals surface area contributed by atoms with Gasteiger partial charge in [0.15, 0.2) is 5.69 Å². The topological polar surface area (TPSA) is 42.7 Å². The number of hydrogen-bond acceptors (Lipinski definition) is 4. The predicted octanol–water partition coefficient (Wildman–Crippen LogP) is 4.97. The van der Waals surface area contributed by atoms with E-state index in [4.69, 9.17) is 0 Å². The first-order valence-corrected chi connectivity index (χ1v) is 9.62. The maximum atomic E-state index is 13.1. The van der Waals surface area contributed by atoms with Gasteiger partial charge in [0.2, 0.25) is 0 Å². The number of alkyl halides is 3. The van der Waals surface area contributed by atoms with Crippen LogP contribution in [0.15, 0.2) is 36.4 Å². The van der Waals surface area contributed by atoms with Crippen molar-refractivity contribution in [2.75, 3.05) is 0 Å². The Morgan fingerprint density at radius 1 is 1.37 bits per heavy atom. The summed E-state index contributed by atoms with van der Waals surface area (Å²) in [6.45, 7) is 6.00. The predicted molar refractivity (Wildman–Crippen MR) is 100 cm³/mol. The highest BCUT2D eigenvalue weighted by Crippen LogP contribution is 2.43. The zero-order chi connectivity index (χ0) is 19.2. The van der Waals surface area contributed by atoms with E-state index in [0.717, 1.165) is 29.1 Å². The third-order valence-corrected chi connectivity index (χ3v) is 5.72. The van der Waals surface area contributed by atoms with Crippen molar-refractivity contribution in [1.82, 2.24) is 20.1 Å². The van der Waals surface area contributed by atoms with E-state index in [-0.39, 0.29) is 12.0 Å². The Morgan fingerprint density at radius 2 is 2.15 bits per heavy atom. The fraction of sp³-hybridized carbons (Fsp3) is 0.368. The lowest BCUT2D eigenvalue weighted by Gasteiger charge is -2.20. The first-order chi connectivity index (χ1) is 12.8. The summed E-state index contributed by atoms with van der Waals surface area (Å²) in [6.07, 6.45) is 3.74. The molecule has 142 valence electrons. The number of aryl methyl sites for hydroxylation is 1. The molecule has 0 saturated heterocycles. The van der Waals surface area contributed by atoms with E-state index in [1.54, 1.807) is 5.51 Å². The smallest absolute Gasteiger partial charge is 0.378 e. The van der Waals surface area contributed by atoms with Gasteiger partial charge in [-0.3, -0.25) is 0 Å². The maximum Gasteiger partial charge on any atom is 0.435 e. The number of halogens is 3. The molecular weight excluding hydrogens is 373 g/mol. The molecule has 4 rings (SSSR count). The second-order valence-corrected chi connectivity index (χ2v) is 7.71. The van der Waals surface area contributed by atoms with Crippen LogP contribution in [-0.4, -0.2) is 20.8 Å². The summed E-state index contributed by atoms with van der Waals surface area (Å²) in [4.78, 5) is 5.23. The third kappa shape index (κ3) is 3.71. The van der Waals surface area contributed by atoms with Crippen molar-refractivity contribution >= 4 is 22.7 Å². The number of aromatic nitrogens is 3. The molecule has 27 heavy (non-hydrogen) atoms. The van der Waals surface area contributed by atoms with Crippen molar-refractivity contribution in [2.24, 2.45) is 0 Å². The molecular formula is C19H19F3N4S. The van der Waals surface area contributed by atoms with Gasteiger partial charge in [0, 0.05) is 23.4 Å². The van der Waals surface area contributed by atoms with E-state index in [1.807, 2.05) is 25.2 Å². The van der Waals surface area contributed by atoms with Crippen molar-refractivity contribution in [1.29, 1.82) is 0 Å². The second-order valence-electron chi connectivity index (χ2n) is 6.86. The SMILES string of the molecule is C=C(NC1C=CC(n2nc(C(F)(F)F)cc2C2CC2)=CC1)c1scnc1C. The Bertz CT molecular complexity index is 931. The van der Waals surface area contributed by atoms with Gasteiger partial charge in [-0.1, -0.05) is 18.7 Å². The summed E-state index contributed by atoms with van der Waals surface area (Å²) in [5.41, 5.74) is 4.02. The van der Waals surface area contributed by atoms with Gasteiger partial charge < -0.3 is 5.32 Å². The lowest BCUT2D eigenvalue weighted by molar-refractivity contribution is -0.141. The monoisotopic (exact) mass is 392 g/mol. The first-order valence-electron chi connectivity index (χ1n) is 8.74. The van der Waals surface area contributed by atoms with Crippen LogP contribution in [0.1, 0.15) is 47.1 Å². The number of rotatable bonds is 5. The Hall–Kier alpha value is -2.35. The molecule has 0 aliphatic heterocycles. The average molecular weight is 392 g/mol. The van der Waals surface area contributed by atoms with Crippen LogP contribution < -0.4 is 5.32 Å². The Balaban J connectivity index is 1.50. The van der Waals surface area contributed by atoms with Crippen molar-refractivity contribution < 1.29 is 13.2 Å². The number of nitrogens with one attached hydrogen (secondary N) is 1. The molecule has 2 heterocycles. The van der Waals surface area contributed by atoms with E-state index >= 15 is 0 Å². The Labute approximate surface area is 159 Å². The molecule has 0 bridgehead atoms. The molecule has 0 aromatic carbocycles. The number of nitrogens with zero attached hydrogens (tertiary/aromatic N) is 3. The number of hydrogen-bond donors (Lipinski definition) is 1. The van der Waals surface area contributed by atoms with Crippen LogP contribution in [0.3, 0.4) is 0 Å². The molecule has 1 fully saturated rings. The minimum atomic E-state index is -4.43. The fourth-order valence-corrected chi connectivity index (χ4v) is 3.91. The minimum absolute atomic E-state index is 0.0322. The van der Waals surface area contributed by atoms with Gasteiger partial charge in [-0.2, -0.15) is 18.3 Å². The average Bonchev–Trinajstić information content (AvgIpc) is 3.20. The van der Waals surface area contributed by atoms with Gasteiger partial charge in [-0.25, -0.2) is 9.67 Å². The molecule has 1 N–H and O–H groups in total. The lowest BCUT2D eigenvalue weighted by atomic mass is 10.1. The van der Waals surface area contributed by atoms with Crippen LogP contribution in [0.2, 0.25) is 0 Å². The summed E-state index contributed by atoms with van der Waals surface area (Å²) in [5, 5.41) is 7.18. The third-order valence-electron chi connectivity index (χ3n) is 4.73. The molecule has 1 unspecified atom stereocenters. The van der Waals surface area contributed by atoms with Gasteiger partial charge in [0.25, 0.3) is 0 Å². The summed E-state index contributed by atoms with van der Waals surface area (Å²) < 4.78 is 40.7. The van der Waals surface area contributed by atoms with Gasteiger partial charge in [0.05, 0.1) is 21.8 Å². The van der Waals surface area contributed by atoms with E-state index in [0.29, 0.717) is 17.8 Å². The highest BCUT2D eigenvalue weighted by Gasteiger charge is 2.38. The van der Waals surface area contributed by atoms with Crippen LogP contribution in [0.5, 0.6) is 0 Å². The Morgan fingerprint density at radius 3 is 2.70 bits per heavy atom. The van der Waals surface area contributed by atoms with Crippen molar-refractivity contribution in [3.63, 3.8) is 0 Å². The zero-order valence-corrected chi connectivity index (χ0v) is 15.6. The normalized spacial score (nSPS) is 19.9. The Kier molecular flexibility index (Phi) is 4.46. The molecule has 0 amide bonds. The highest BCUT2D eigenvalue weighted by molar-refractivity contribution is 7.10. The molecule has 1 saturated carbocycles. The van der Waals surface area contributed by atoms with Gasteiger partial charge in [-0.15, -0.1) is 11.3 Å². The minimum Gasteiger partial charge on any atom is -0.378 e. The van der Waals surface area contributed by atoms with E-state index < -0.39 is 11.9 Å². The molecule has 0 radical (unpaired) electrons. The summed E-state index contributed by atoms with van der Waals surface area (Å²) >= 11 is 1.53. The summed E-state index contributed by atoms with van der Waals surface area (Å²) in [7, 11) is 0. The van der Waals surface area contributed by atoms with Crippen LogP contribution in [0, 0.1) is 6.92 Å². The second kappa shape index (κ2) is 6.67. The van der Waals surface area contributed by atoms with Crippen LogP contribution in [-0.2, 0) is 6.18 Å². The maximum absolute atomic E-state index is 13.1. The molecule has 2 aromatic heterocycles. The van der Waals surface area contributed by atoms with Crippen LogP contribution in [0.25, 0.3) is 11.4 Å². The van der Waals surface area contributed by atoms with E-state index in [1.165, 1.54) is 22.1 Å². The lowest BCUT2D eigenvalue weighted by Crippen LogP contribution is -2.26. The van der Waals surface area contributed by atoms with E-state index in [2.05, 4.69) is 22.0 Å². The number of thiazole rings is 1.